The zero-order valence-corrected chi connectivity index (χ0v) is 27.5. The first kappa shape index (κ1) is 35.6. The van der Waals surface area contributed by atoms with Crippen molar-refractivity contribution in [2.45, 2.75) is 25.7 Å². The van der Waals surface area contributed by atoms with Crippen LogP contribution < -0.4 is 0 Å². The molecule has 0 aromatic heterocycles. The molecule has 6 aromatic rings. The van der Waals surface area contributed by atoms with E-state index >= 15 is 0 Å². The molecule has 7 rings (SSSR count). The van der Waals surface area contributed by atoms with E-state index in [-0.39, 0.29) is 39.7 Å². The van der Waals surface area contributed by atoms with Crippen molar-refractivity contribution in [2.24, 2.45) is 0 Å². The molecule has 0 bridgehead atoms. The van der Waals surface area contributed by atoms with Crippen molar-refractivity contribution in [2.75, 3.05) is 0 Å². The van der Waals surface area contributed by atoms with Crippen LogP contribution in [0, 0.1) is 21.8 Å². The standard InChI is InChI=1S/C18H15.C16H13.2CH3.2ClH.Si.Ti/c1-2-5-14(6-3-1)17-8-4-7-15-11-16(12-18(15)17)13-9-10-13;1-12-10-14-8-5-9-15(16(14)11-12)13-6-3-2-4-7-13;;;;;;/h1-8,11-13H,9-10H2;2-11H,1H3;2*1H3;2*1H;;/q4*-1;;;;. The molecule has 0 spiro atoms. The Balaban J connectivity index is 0.000000346. The molecule has 0 heterocycles. The summed E-state index contributed by atoms with van der Waals surface area (Å²) in [6.07, 6.45) is 2.74. The summed E-state index contributed by atoms with van der Waals surface area (Å²) < 4.78 is 0. The largest absolute Gasteiger partial charge is 0.164 e. The van der Waals surface area contributed by atoms with Crippen molar-refractivity contribution in [3.63, 3.8) is 0 Å². The van der Waals surface area contributed by atoms with Gasteiger partial charge in [0.15, 0.2) is 0 Å². The number of hydrogen-bond donors (Lipinski definition) is 0. The van der Waals surface area contributed by atoms with Crippen molar-refractivity contribution < 1.29 is 19.2 Å². The van der Waals surface area contributed by atoms with Crippen molar-refractivity contribution in [3.8, 4) is 22.3 Å². The molecule has 1 aliphatic rings. The molecule has 1 fully saturated rings. The fourth-order valence-electron chi connectivity index (χ4n) is 5.03. The van der Waals surface area contributed by atoms with E-state index in [0.717, 1.165) is 5.92 Å². The summed E-state index contributed by atoms with van der Waals surface area (Å²) in [5.74, 6) is 0.834. The fraction of sp³-hybridized carbons (Fsp3) is 0.111. The van der Waals surface area contributed by atoms with Crippen molar-refractivity contribution in [1.29, 1.82) is 0 Å². The smallest absolute Gasteiger partial charge is 0.0279 e. The summed E-state index contributed by atoms with van der Waals surface area (Å²) in [4.78, 5) is 0. The minimum Gasteiger partial charge on any atom is -0.164 e. The number of hydrogen-bond acceptors (Lipinski definition) is 0. The Bertz CT molecular complexity index is 1580. The van der Waals surface area contributed by atoms with Gasteiger partial charge in [0.25, 0.3) is 0 Å². The molecule has 206 valence electrons. The zero-order chi connectivity index (χ0) is 24.9. The average molecular weight is 616 g/mol. The molecule has 0 saturated heterocycles. The quantitative estimate of drug-likeness (QED) is 0.137. The molecule has 0 N–H and O–H groups in total. The van der Waals surface area contributed by atoms with E-state index < -0.39 is 0 Å². The van der Waals surface area contributed by atoms with Crippen LogP contribution in [-0.4, -0.2) is 7.63 Å². The molecule has 0 unspecified atom stereocenters. The summed E-state index contributed by atoms with van der Waals surface area (Å²) in [6.45, 7) is 2.15. The first-order valence-electron chi connectivity index (χ1n) is 12.5. The molecule has 0 aliphatic heterocycles. The van der Waals surface area contributed by atoms with Gasteiger partial charge < -0.3 is 14.9 Å². The normalized spacial score (nSPS) is 11.2. The Morgan fingerprint density at radius 3 is 1.52 bits per heavy atom. The van der Waals surface area contributed by atoms with Gasteiger partial charge in [0, 0.05) is 0 Å². The Kier molecular flexibility index (Phi) is 14.9. The molecule has 0 amide bonds. The van der Waals surface area contributed by atoms with Crippen LogP contribution >= 0.6 is 24.8 Å². The minimum absolute atomic E-state index is 0. The number of rotatable bonds is 3. The second-order valence-electron chi connectivity index (χ2n) is 9.44. The van der Waals surface area contributed by atoms with E-state index in [1.54, 1.807) is 19.2 Å². The molecule has 2 radical (unpaired) electrons. The van der Waals surface area contributed by atoms with Crippen molar-refractivity contribution in [1.82, 2.24) is 0 Å². The predicted molar refractivity (Wildman–Crippen MR) is 180 cm³/mol. The molecule has 1 aliphatic carbocycles. The van der Waals surface area contributed by atoms with E-state index in [9.17, 15) is 0 Å². The topological polar surface area (TPSA) is 0 Å². The Hall–Kier alpha value is -2.39. The van der Waals surface area contributed by atoms with Crippen LogP contribution in [0.5, 0.6) is 0 Å². The third-order valence-corrected chi connectivity index (χ3v) is 6.89. The number of benzene rings is 4. The van der Waals surface area contributed by atoms with Crippen LogP contribution in [0.4, 0.5) is 0 Å². The minimum atomic E-state index is 0. The SMILES string of the molecule is Cc1cc2c(-c3ccccc3)cccc2[cH-]1.Cl.Cl.[CH3-].[CH3-].[Si]=[Ti].c1ccc(-c2cccc3[cH-]c(C4CC4)cc23)cc1. The number of fused-ring (bicyclic) bond motifs is 2. The third-order valence-electron chi connectivity index (χ3n) is 6.89. The van der Waals surface area contributed by atoms with Gasteiger partial charge in [-0.3, -0.25) is 0 Å². The van der Waals surface area contributed by atoms with E-state index in [4.69, 9.17) is 0 Å². The molecule has 4 heteroatoms. The fourth-order valence-corrected chi connectivity index (χ4v) is 5.03. The molecule has 1 saturated carbocycles. The summed E-state index contributed by atoms with van der Waals surface area (Å²) in [6, 6.07) is 43.6. The van der Waals surface area contributed by atoms with Gasteiger partial charge in [-0.05, 0) is 29.9 Å². The maximum absolute atomic E-state index is 2.97. The van der Waals surface area contributed by atoms with Gasteiger partial charge in [0.05, 0.1) is 0 Å². The van der Waals surface area contributed by atoms with Gasteiger partial charge in [-0.25, -0.2) is 0 Å². The molecule has 0 atom stereocenters. The first-order valence-corrected chi connectivity index (χ1v) is 15.3. The van der Waals surface area contributed by atoms with E-state index in [0.29, 0.717) is 0 Å². The van der Waals surface area contributed by atoms with Crippen LogP contribution in [0.2, 0.25) is 0 Å². The van der Waals surface area contributed by atoms with Gasteiger partial charge in [0.1, 0.15) is 0 Å². The summed E-state index contributed by atoms with van der Waals surface area (Å²) in [7, 11) is 2.97. The molecular formula is C36H36Cl2SiTi-4. The number of halogens is 2. The van der Waals surface area contributed by atoms with E-state index in [1.165, 1.54) is 67.8 Å². The second-order valence-corrected chi connectivity index (χ2v) is 9.44. The zero-order valence-electron chi connectivity index (χ0n) is 23.4. The van der Waals surface area contributed by atoms with Crippen LogP contribution in [0.15, 0.2) is 121 Å². The van der Waals surface area contributed by atoms with Gasteiger partial charge in [-0.2, -0.15) is 12.1 Å². The van der Waals surface area contributed by atoms with E-state index in [1.807, 2.05) is 0 Å². The molecule has 40 heavy (non-hydrogen) atoms. The van der Waals surface area contributed by atoms with Crippen molar-refractivity contribution >= 4 is 54.0 Å². The van der Waals surface area contributed by atoms with Crippen LogP contribution in [0.3, 0.4) is 0 Å². The summed E-state index contributed by atoms with van der Waals surface area (Å²) in [5, 5.41) is 5.48. The van der Waals surface area contributed by atoms with Gasteiger partial charge in [-0.15, -0.1) is 93.9 Å². The Morgan fingerprint density at radius 2 is 1.05 bits per heavy atom. The Morgan fingerprint density at radius 1 is 0.600 bits per heavy atom. The van der Waals surface area contributed by atoms with Gasteiger partial charge in [-0.1, -0.05) is 90.8 Å². The summed E-state index contributed by atoms with van der Waals surface area (Å²) in [5.41, 5.74) is 8.16. The maximum atomic E-state index is 2.97. The molecule has 6 aromatic carbocycles. The maximum Gasteiger partial charge on any atom is -0.0279 e. The summed E-state index contributed by atoms with van der Waals surface area (Å²) >= 11 is 1.81. The van der Waals surface area contributed by atoms with Crippen LogP contribution in [-0.2, 0) is 19.2 Å². The monoisotopic (exact) mass is 614 g/mol. The first-order chi connectivity index (χ1) is 17.8. The molecular weight excluding hydrogens is 579 g/mol. The van der Waals surface area contributed by atoms with Gasteiger partial charge in [0.2, 0.25) is 0 Å². The predicted octanol–water partition coefficient (Wildman–Crippen LogP) is 11.0. The number of aryl methyl sites for hydroxylation is 1. The van der Waals surface area contributed by atoms with Crippen LogP contribution in [0.25, 0.3) is 43.8 Å². The van der Waals surface area contributed by atoms with Crippen molar-refractivity contribution in [3.05, 3.63) is 147 Å². The molecule has 0 nitrogen and oxygen atoms in total. The third kappa shape index (κ3) is 8.09. The van der Waals surface area contributed by atoms with Gasteiger partial charge >= 0.3 is 26.8 Å². The Labute approximate surface area is 266 Å². The average Bonchev–Trinajstić information content (AvgIpc) is 3.58. The van der Waals surface area contributed by atoms with E-state index in [2.05, 4.69) is 136 Å². The van der Waals surface area contributed by atoms with Crippen LogP contribution in [0.1, 0.15) is 29.9 Å². The second kappa shape index (κ2) is 16.8.